The molecule has 0 fully saturated rings. The van der Waals surface area contributed by atoms with E-state index >= 15 is 0 Å². The van der Waals surface area contributed by atoms with Crippen LogP contribution >= 0.6 is 15.9 Å². The lowest BCUT2D eigenvalue weighted by molar-refractivity contribution is -0.142. The van der Waals surface area contributed by atoms with Crippen LogP contribution in [0.5, 0.6) is 5.75 Å². The van der Waals surface area contributed by atoms with Crippen LogP contribution in [-0.2, 0) is 9.53 Å². The molecule has 0 N–H and O–H groups in total. The Morgan fingerprint density at radius 2 is 2.46 bits per heavy atom. The average Bonchev–Trinajstić information content (AvgIpc) is 2.16. The van der Waals surface area contributed by atoms with Crippen LogP contribution in [0.3, 0.4) is 0 Å². The van der Waals surface area contributed by atoms with Gasteiger partial charge in [-0.3, -0.25) is 0 Å². The maximum atomic E-state index is 10.7. The van der Waals surface area contributed by atoms with E-state index in [1.165, 1.54) is 7.11 Å². The monoisotopic (exact) mass is 245 g/mol. The Bertz CT molecular complexity index is 303. The lowest BCUT2D eigenvalue weighted by Gasteiger charge is -2.04. The summed E-state index contributed by atoms with van der Waals surface area (Å²) in [5.41, 5.74) is 0. The van der Waals surface area contributed by atoms with Gasteiger partial charge in [0.25, 0.3) is 0 Å². The highest BCUT2D eigenvalue weighted by molar-refractivity contribution is 9.10. The average molecular weight is 246 g/mol. The fraction of sp³-hybridized carbons (Fsp3) is 0.250. The Morgan fingerprint density at radius 3 is 3.08 bits per heavy atom. The molecule has 0 aliphatic rings. The molecule has 0 bridgehead atoms. The van der Waals surface area contributed by atoms with E-state index in [0.29, 0.717) is 10.4 Å². The summed E-state index contributed by atoms with van der Waals surface area (Å²) < 4.78 is 10.1. The molecule has 0 aliphatic heterocycles. The van der Waals surface area contributed by atoms with E-state index in [9.17, 15) is 4.79 Å². The first-order valence-corrected chi connectivity index (χ1v) is 4.33. The van der Waals surface area contributed by atoms with Crippen molar-refractivity contribution in [3.05, 3.63) is 22.9 Å². The summed E-state index contributed by atoms with van der Waals surface area (Å²) >= 11 is 3.18. The lowest BCUT2D eigenvalue weighted by Crippen LogP contribution is -2.12. The van der Waals surface area contributed by atoms with Crippen molar-refractivity contribution in [2.75, 3.05) is 13.7 Å². The predicted molar refractivity (Wildman–Crippen MR) is 49.4 cm³/mol. The molecule has 1 heterocycles. The summed E-state index contributed by atoms with van der Waals surface area (Å²) in [4.78, 5) is 14.6. The van der Waals surface area contributed by atoms with E-state index in [-0.39, 0.29) is 6.61 Å². The molecule has 70 valence electrons. The van der Waals surface area contributed by atoms with Gasteiger partial charge in [-0.05, 0) is 28.1 Å². The van der Waals surface area contributed by atoms with Crippen molar-refractivity contribution >= 4 is 21.9 Å². The third-order valence-electron chi connectivity index (χ3n) is 1.30. The van der Waals surface area contributed by atoms with Crippen molar-refractivity contribution in [3.63, 3.8) is 0 Å². The highest BCUT2D eigenvalue weighted by Crippen LogP contribution is 2.20. The normalized spacial score (nSPS) is 9.38. The van der Waals surface area contributed by atoms with E-state index in [1.807, 2.05) is 0 Å². The zero-order valence-electron chi connectivity index (χ0n) is 6.99. The quantitative estimate of drug-likeness (QED) is 0.597. The Balaban J connectivity index is 2.54. The lowest BCUT2D eigenvalue weighted by atomic mass is 10.5. The third-order valence-corrected chi connectivity index (χ3v) is 1.89. The van der Waals surface area contributed by atoms with E-state index in [1.54, 1.807) is 18.3 Å². The molecule has 1 aromatic heterocycles. The number of esters is 1. The summed E-state index contributed by atoms with van der Waals surface area (Å²) in [6, 6.07) is 3.43. The molecule has 13 heavy (non-hydrogen) atoms. The van der Waals surface area contributed by atoms with Crippen LogP contribution in [0.1, 0.15) is 0 Å². The number of rotatable bonds is 3. The van der Waals surface area contributed by atoms with Crippen molar-refractivity contribution in [1.82, 2.24) is 4.98 Å². The van der Waals surface area contributed by atoms with Crippen LogP contribution < -0.4 is 4.74 Å². The number of hydrogen-bond donors (Lipinski definition) is 0. The van der Waals surface area contributed by atoms with Gasteiger partial charge in [0.1, 0.15) is 4.60 Å². The number of carbonyl (C=O) groups excluding carboxylic acids is 1. The minimum absolute atomic E-state index is 0.110. The summed E-state index contributed by atoms with van der Waals surface area (Å²) in [5, 5.41) is 0. The molecule has 1 rings (SSSR count). The highest BCUT2D eigenvalue weighted by atomic mass is 79.9. The maximum absolute atomic E-state index is 10.7. The van der Waals surface area contributed by atoms with Gasteiger partial charge in [-0.25, -0.2) is 9.78 Å². The molecule has 1 aromatic rings. The van der Waals surface area contributed by atoms with Gasteiger partial charge in [0.2, 0.25) is 0 Å². The van der Waals surface area contributed by atoms with E-state index in [2.05, 4.69) is 25.7 Å². The molecule has 5 heteroatoms. The minimum atomic E-state index is -0.421. The second kappa shape index (κ2) is 4.81. The number of nitrogens with zero attached hydrogens (tertiary/aromatic N) is 1. The zero-order chi connectivity index (χ0) is 9.68. The van der Waals surface area contributed by atoms with Crippen molar-refractivity contribution in [2.24, 2.45) is 0 Å². The van der Waals surface area contributed by atoms with Gasteiger partial charge in [0.15, 0.2) is 12.4 Å². The van der Waals surface area contributed by atoms with Crippen LogP contribution in [-0.4, -0.2) is 24.7 Å². The molecular formula is C8H8BrNO3. The molecule has 0 spiro atoms. The number of methoxy groups -OCH3 is 1. The van der Waals surface area contributed by atoms with E-state index in [0.717, 1.165) is 0 Å². The molecule has 4 nitrogen and oxygen atoms in total. The molecule has 0 radical (unpaired) electrons. The second-order valence-electron chi connectivity index (χ2n) is 2.16. The van der Waals surface area contributed by atoms with Crippen molar-refractivity contribution in [2.45, 2.75) is 0 Å². The number of pyridine rings is 1. The second-order valence-corrected chi connectivity index (χ2v) is 2.91. The number of carbonyl (C=O) groups is 1. The molecule has 0 aromatic carbocycles. The summed E-state index contributed by atoms with van der Waals surface area (Å²) in [6.45, 7) is -0.110. The summed E-state index contributed by atoms with van der Waals surface area (Å²) in [5.74, 6) is 0.101. The molecular weight excluding hydrogens is 238 g/mol. The van der Waals surface area contributed by atoms with Gasteiger partial charge >= 0.3 is 5.97 Å². The maximum Gasteiger partial charge on any atom is 0.343 e. The number of aromatic nitrogens is 1. The molecule has 0 amide bonds. The van der Waals surface area contributed by atoms with Crippen molar-refractivity contribution < 1.29 is 14.3 Å². The number of hydrogen-bond acceptors (Lipinski definition) is 4. The largest absolute Gasteiger partial charge is 0.479 e. The van der Waals surface area contributed by atoms with Gasteiger partial charge in [0, 0.05) is 6.20 Å². The SMILES string of the molecule is COC(=O)COc1cccnc1Br. The topological polar surface area (TPSA) is 48.4 Å². The first-order chi connectivity index (χ1) is 6.24. The van der Waals surface area contributed by atoms with Crippen molar-refractivity contribution in [1.29, 1.82) is 0 Å². The Hall–Kier alpha value is -1.10. The standard InChI is InChI=1S/C8H8BrNO3/c1-12-7(11)5-13-6-3-2-4-10-8(6)9/h2-4H,5H2,1H3. The highest BCUT2D eigenvalue weighted by Gasteiger charge is 2.04. The predicted octanol–water partition coefficient (Wildman–Crippen LogP) is 1.40. The molecule has 0 saturated heterocycles. The fourth-order valence-electron chi connectivity index (χ4n) is 0.675. The van der Waals surface area contributed by atoms with Gasteiger partial charge in [-0.2, -0.15) is 0 Å². The van der Waals surface area contributed by atoms with Gasteiger partial charge in [-0.1, -0.05) is 0 Å². The van der Waals surface area contributed by atoms with Crippen LogP contribution in [0.4, 0.5) is 0 Å². The Morgan fingerprint density at radius 1 is 1.69 bits per heavy atom. The molecule has 0 atom stereocenters. The third kappa shape index (κ3) is 3.02. The number of ether oxygens (including phenoxy) is 2. The molecule has 0 unspecified atom stereocenters. The fourth-order valence-corrected chi connectivity index (χ4v) is 1.04. The molecule has 0 aliphatic carbocycles. The van der Waals surface area contributed by atoms with Gasteiger partial charge in [-0.15, -0.1) is 0 Å². The smallest absolute Gasteiger partial charge is 0.343 e. The van der Waals surface area contributed by atoms with E-state index < -0.39 is 5.97 Å². The zero-order valence-corrected chi connectivity index (χ0v) is 8.58. The van der Waals surface area contributed by atoms with Gasteiger partial charge < -0.3 is 9.47 Å². The van der Waals surface area contributed by atoms with Crippen LogP contribution in [0.2, 0.25) is 0 Å². The van der Waals surface area contributed by atoms with Crippen LogP contribution in [0.25, 0.3) is 0 Å². The van der Waals surface area contributed by atoms with Crippen molar-refractivity contribution in [3.8, 4) is 5.75 Å². The van der Waals surface area contributed by atoms with Crippen LogP contribution in [0.15, 0.2) is 22.9 Å². The van der Waals surface area contributed by atoms with E-state index in [4.69, 9.17) is 4.74 Å². The summed E-state index contributed by atoms with van der Waals surface area (Å²) in [7, 11) is 1.31. The Kier molecular flexibility index (Phi) is 3.70. The first-order valence-electron chi connectivity index (χ1n) is 3.54. The number of halogens is 1. The van der Waals surface area contributed by atoms with Gasteiger partial charge in [0.05, 0.1) is 7.11 Å². The Labute approximate surface area is 84.0 Å². The van der Waals surface area contributed by atoms with Crippen LogP contribution in [0, 0.1) is 0 Å². The summed E-state index contributed by atoms with van der Waals surface area (Å²) in [6.07, 6.45) is 1.62. The first kappa shape index (κ1) is 9.98. The minimum Gasteiger partial charge on any atom is -0.479 e. The molecule has 0 saturated carbocycles.